The summed E-state index contributed by atoms with van der Waals surface area (Å²) in [7, 11) is 0. The smallest absolute Gasteiger partial charge is 0.306 e. The first-order valence-electron chi connectivity index (χ1n) is 3.19. The summed E-state index contributed by atoms with van der Waals surface area (Å²) in [5, 5.41) is 9.37. The van der Waals surface area contributed by atoms with Crippen molar-refractivity contribution in [2.24, 2.45) is 0 Å². The van der Waals surface area contributed by atoms with Gasteiger partial charge in [-0.15, -0.1) is 11.3 Å². The number of aliphatic carboxylic acids is 1. The van der Waals surface area contributed by atoms with Gasteiger partial charge in [-0.3, -0.25) is 4.79 Å². The fourth-order valence-electron chi connectivity index (χ4n) is 0.746. The molecule has 0 saturated heterocycles. The van der Waals surface area contributed by atoms with Gasteiger partial charge in [-0.1, -0.05) is 0 Å². The molecule has 1 aromatic rings. The van der Waals surface area contributed by atoms with Crippen LogP contribution in [0.5, 0.6) is 0 Å². The number of carbonyl (C=O) groups is 1. The topological polar surface area (TPSA) is 37.3 Å². The van der Waals surface area contributed by atoms with Gasteiger partial charge in [0.25, 0.3) is 0 Å². The highest BCUT2D eigenvalue weighted by atomic mass is 32.1. The molecular formula is C7H6F2O2S. The van der Waals surface area contributed by atoms with Crippen molar-refractivity contribution in [2.45, 2.75) is 12.6 Å². The number of carboxylic acid groups (broad SMARTS) is 1. The van der Waals surface area contributed by atoms with E-state index in [1.54, 1.807) is 0 Å². The number of carboxylic acids is 1. The quantitative estimate of drug-likeness (QED) is 0.798. The first kappa shape index (κ1) is 9.12. The Hall–Kier alpha value is -0.970. The summed E-state index contributed by atoms with van der Waals surface area (Å²) in [6.45, 7) is 0. The molecule has 1 atom stereocenters. The molecule has 0 fully saturated rings. The molecule has 1 N–H and O–H groups in total. The maximum Gasteiger partial charge on any atom is 0.306 e. The van der Waals surface area contributed by atoms with E-state index in [1.165, 1.54) is 0 Å². The first-order chi connectivity index (χ1) is 5.59. The van der Waals surface area contributed by atoms with Crippen LogP contribution in [-0.4, -0.2) is 11.1 Å². The first-order valence-corrected chi connectivity index (χ1v) is 4.07. The average Bonchev–Trinajstić information content (AvgIpc) is 2.34. The lowest BCUT2D eigenvalue weighted by atomic mass is 10.2. The van der Waals surface area contributed by atoms with E-state index >= 15 is 0 Å². The van der Waals surface area contributed by atoms with Crippen molar-refractivity contribution in [2.75, 3.05) is 0 Å². The predicted molar refractivity (Wildman–Crippen MR) is 40.4 cm³/mol. The maximum atomic E-state index is 12.9. The van der Waals surface area contributed by atoms with Gasteiger partial charge in [-0.25, -0.2) is 8.78 Å². The molecule has 0 aliphatic heterocycles. The molecule has 0 amide bonds. The molecule has 5 heteroatoms. The molecule has 0 aromatic carbocycles. The Balaban J connectivity index is 2.64. The van der Waals surface area contributed by atoms with Crippen LogP contribution in [0.4, 0.5) is 8.78 Å². The number of rotatable bonds is 3. The van der Waals surface area contributed by atoms with Crippen LogP contribution in [0.2, 0.25) is 0 Å². The van der Waals surface area contributed by atoms with E-state index in [0.29, 0.717) is 0 Å². The van der Waals surface area contributed by atoms with E-state index in [0.717, 1.165) is 22.8 Å². The summed E-state index contributed by atoms with van der Waals surface area (Å²) in [6.07, 6.45) is -2.21. The van der Waals surface area contributed by atoms with E-state index in [4.69, 9.17) is 5.11 Å². The zero-order valence-corrected chi connectivity index (χ0v) is 6.78. The number of alkyl halides is 1. The summed E-state index contributed by atoms with van der Waals surface area (Å²) < 4.78 is 25.2. The molecule has 66 valence electrons. The van der Waals surface area contributed by atoms with E-state index < -0.39 is 24.4 Å². The number of hydrogen-bond acceptors (Lipinski definition) is 2. The van der Waals surface area contributed by atoms with Crippen molar-refractivity contribution in [3.8, 4) is 0 Å². The van der Waals surface area contributed by atoms with Gasteiger partial charge in [-0.05, 0) is 6.07 Å². The van der Waals surface area contributed by atoms with Crippen LogP contribution in [0.1, 0.15) is 17.5 Å². The van der Waals surface area contributed by atoms with Gasteiger partial charge in [-0.2, -0.15) is 0 Å². The second-order valence-corrected chi connectivity index (χ2v) is 3.18. The highest BCUT2D eigenvalue weighted by Crippen LogP contribution is 2.26. The summed E-state index contributed by atoms with van der Waals surface area (Å²) in [4.78, 5) is 10.2. The second-order valence-electron chi connectivity index (χ2n) is 2.23. The lowest BCUT2D eigenvalue weighted by Gasteiger charge is -1.99. The van der Waals surface area contributed by atoms with Crippen LogP contribution in [0.3, 0.4) is 0 Å². The minimum atomic E-state index is -1.60. The second kappa shape index (κ2) is 3.62. The molecule has 1 unspecified atom stereocenters. The van der Waals surface area contributed by atoms with Crippen LogP contribution in [0.25, 0.3) is 0 Å². The fraction of sp³-hybridized carbons (Fsp3) is 0.286. The van der Waals surface area contributed by atoms with Crippen molar-refractivity contribution in [3.05, 3.63) is 22.1 Å². The minimum Gasteiger partial charge on any atom is -0.481 e. The molecule has 0 aliphatic rings. The molecule has 0 spiro atoms. The van der Waals surface area contributed by atoms with E-state index in [2.05, 4.69) is 0 Å². The van der Waals surface area contributed by atoms with Crippen molar-refractivity contribution in [1.82, 2.24) is 0 Å². The number of hydrogen-bond donors (Lipinski definition) is 1. The SMILES string of the molecule is O=C(O)CC(F)c1cc(F)cs1. The molecule has 1 rings (SSSR count). The molecule has 0 aliphatic carbocycles. The largest absolute Gasteiger partial charge is 0.481 e. The summed E-state index contributed by atoms with van der Waals surface area (Å²) >= 11 is 0.886. The van der Waals surface area contributed by atoms with Crippen molar-refractivity contribution in [3.63, 3.8) is 0 Å². The predicted octanol–water partition coefficient (Wildman–Crippen LogP) is 2.37. The van der Waals surface area contributed by atoms with Crippen molar-refractivity contribution in [1.29, 1.82) is 0 Å². The maximum absolute atomic E-state index is 12.9. The van der Waals surface area contributed by atoms with Crippen LogP contribution in [0, 0.1) is 5.82 Å². The Labute approximate surface area is 71.5 Å². The Morgan fingerprint density at radius 1 is 1.75 bits per heavy atom. The third-order valence-corrected chi connectivity index (χ3v) is 2.24. The van der Waals surface area contributed by atoms with Crippen LogP contribution in [0.15, 0.2) is 11.4 Å². The highest BCUT2D eigenvalue weighted by molar-refractivity contribution is 7.10. The Kier molecular flexibility index (Phi) is 2.75. The minimum absolute atomic E-state index is 0.120. The molecular weight excluding hydrogens is 186 g/mol. The number of thiophene rings is 1. The average molecular weight is 192 g/mol. The molecule has 2 nitrogen and oxygen atoms in total. The molecule has 0 saturated carbocycles. The Bertz CT molecular complexity index is 285. The van der Waals surface area contributed by atoms with Gasteiger partial charge >= 0.3 is 5.97 Å². The third-order valence-electron chi connectivity index (χ3n) is 1.25. The standard InChI is InChI=1S/C7H6F2O2S/c8-4-1-6(12-3-4)5(9)2-7(10)11/h1,3,5H,2H2,(H,10,11). The van der Waals surface area contributed by atoms with Gasteiger partial charge in [0.1, 0.15) is 12.0 Å². The molecule has 0 bridgehead atoms. The van der Waals surface area contributed by atoms with Gasteiger partial charge in [0.05, 0.1) is 6.42 Å². The molecule has 12 heavy (non-hydrogen) atoms. The van der Waals surface area contributed by atoms with Crippen molar-refractivity contribution >= 4 is 17.3 Å². The lowest BCUT2D eigenvalue weighted by molar-refractivity contribution is -0.138. The van der Waals surface area contributed by atoms with Gasteiger partial charge in [0, 0.05) is 10.3 Å². The van der Waals surface area contributed by atoms with Crippen LogP contribution < -0.4 is 0 Å². The molecule has 1 aromatic heterocycles. The van der Waals surface area contributed by atoms with Gasteiger partial charge in [0.15, 0.2) is 0 Å². The zero-order chi connectivity index (χ0) is 9.14. The number of halogens is 2. The monoisotopic (exact) mass is 192 g/mol. The zero-order valence-electron chi connectivity index (χ0n) is 5.96. The third kappa shape index (κ3) is 2.27. The Morgan fingerprint density at radius 2 is 2.42 bits per heavy atom. The summed E-state index contributed by atoms with van der Waals surface area (Å²) in [6, 6.07) is 1.01. The van der Waals surface area contributed by atoms with Gasteiger partial charge < -0.3 is 5.11 Å². The van der Waals surface area contributed by atoms with E-state index in [9.17, 15) is 13.6 Å². The van der Waals surface area contributed by atoms with E-state index in [1.807, 2.05) is 0 Å². The highest BCUT2D eigenvalue weighted by Gasteiger charge is 2.16. The normalized spacial score (nSPS) is 12.8. The lowest BCUT2D eigenvalue weighted by Crippen LogP contribution is -1.99. The van der Waals surface area contributed by atoms with Gasteiger partial charge in [0.2, 0.25) is 0 Å². The van der Waals surface area contributed by atoms with Crippen molar-refractivity contribution < 1.29 is 18.7 Å². The molecule has 1 heterocycles. The van der Waals surface area contributed by atoms with Crippen LogP contribution in [-0.2, 0) is 4.79 Å². The fourth-order valence-corrected chi connectivity index (χ4v) is 1.47. The summed E-state index contributed by atoms with van der Waals surface area (Å²) in [5.74, 6) is -1.75. The summed E-state index contributed by atoms with van der Waals surface area (Å²) in [5.41, 5.74) is 0. The Morgan fingerprint density at radius 3 is 2.83 bits per heavy atom. The van der Waals surface area contributed by atoms with E-state index in [-0.39, 0.29) is 4.88 Å². The van der Waals surface area contributed by atoms with Crippen LogP contribution >= 0.6 is 11.3 Å². The molecule has 0 radical (unpaired) electrons.